The predicted octanol–water partition coefficient (Wildman–Crippen LogP) is 4.42. The van der Waals surface area contributed by atoms with Crippen LogP contribution >= 0.6 is 12.2 Å². The van der Waals surface area contributed by atoms with Crippen LogP contribution in [0.25, 0.3) is 11.0 Å². The Bertz CT molecular complexity index is 608. The first-order valence-corrected chi connectivity index (χ1v) is 7.03. The standard InChI is InChI=1S/C14H17FN2S/c15-11-7-4-8-12-13(11)16-14(18)17(12)9-10-5-2-1-3-6-10/h4,7-8,10H,1-3,5-6,9H2,(H,16,18). The van der Waals surface area contributed by atoms with E-state index in [0.717, 1.165) is 12.1 Å². The summed E-state index contributed by atoms with van der Waals surface area (Å²) in [6.07, 6.45) is 6.52. The zero-order valence-corrected chi connectivity index (χ0v) is 11.1. The van der Waals surface area contributed by atoms with Crippen molar-refractivity contribution in [1.82, 2.24) is 9.55 Å². The molecule has 0 aliphatic heterocycles. The minimum Gasteiger partial charge on any atom is -0.328 e. The Morgan fingerprint density at radius 3 is 2.83 bits per heavy atom. The van der Waals surface area contributed by atoms with E-state index < -0.39 is 0 Å². The number of fused-ring (bicyclic) bond motifs is 1. The van der Waals surface area contributed by atoms with E-state index in [9.17, 15) is 4.39 Å². The van der Waals surface area contributed by atoms with E-state index in [1.165, 1.54) is 38.2 Å². The molecule has 1 heterocycles. The maximum atomic E-state index is 13.7. The van der Waals surface area contributed by atoms with E-state index in [2.05, 4.69) is 9.55 Å². The fraction of sp³-hybridized carbons (Fsp3) is 0.500. The number of hydrogen-bond donors (Lipinski definition) is 1. The lowest BCUT2D eigenvalue weighted by molar-refractivity contribution is 0.321. The maximum Gasteiger partial charge on any atom is 0.178 e. The lowest BCUT2D eigenvalue weighted by atomic mass is 9.89. The molecule has 1 aromatic carbocycles. The Morgan fingerprint density at radius 1 is 1.28 bits per heavy atom. The van der Waals surface area contributed by atoms with Crippen LogP contribution in [-0.2, 0) is 6.54 Å². The first-order chi connectivity index (χ1) is 8.75. The minimum atomic E-state index is -0.221. The summed E-state index contributed by atoms with van der Waals surface area (Å²) in [5.41, 5.74) is 1.43. The molecule has 2 aromatic rings. The SMILES string of the molecule is Fc1cccc2c1[nH]c(=S)n2CC1CCCCC1. The summed E-state index contributed by atoms with van der Waals surface area (Å²) in [6.45, 7) is 0.919. The van der Waals surface area contributed by atoms with Gasteiger partial charge in [0.25, 0.3) is 0 Å². The van der Waals surface area contributed by atoms with Crippen LogP contribution in [0.1, 0.15) is 32.1 Å². The van der Waals surface area contributed by atoms with Gasteiger partial charge in [-0.25, -0.2) is 4.39 Å². The average molecular weight is 264 g/mol. The number of nitrogens with one attached hydrogen (secondary N) is 1. The summed E-state index contributed by atoms with van der Waals surface area (Å²) in [5, 5.41) is 0. The molecule has 1 N–H and O–H groups in total. The number of aromatic amines is 1. The van der Waals surface area contributed by atoms with E-state index in [1.807, 2.05) is 6.07 Å². The van der Waals surface area contributed by atoms with Crippen LogP contribution in [0.5, 0.6) is 0 Å². The van der Waals surface area contributed by atoms with Crippen molar-refractivity contribution in [2.24, 2.45) is 5.92 Å². The highest BCUT2D eigenvalue weighted by atomic mass is 32.1. The molecule has 96 valence electrons. The minimum absolute atomic E-state index is 0.221. The molecule has 0 bridgehead atoms. The number of benzene rings is 1. The lowest BCUT2D eigenvalue weighted by Crippen LogP contribution is -2.14. The molecule has 0 saturated heterocycles. The highest BCUT2D eigenvalue weighted by Gasteiger charge is 2.16. The Morgan fingerprint density at radius 2 is 2.06 bits per heavy atom. The summed E-state index contributed by atoms with van der Waals surface area (Å²) < 4.78 is 16.4. The van der Waals surface area contributed by atoms with Crippen molar-refractivity contribution in [1.29, 1.82) is 0 Å². The van der Waals surface area contributed by atoms with Crippen LogP contribution in [0.3, 0.4) is 0 Å². The van der Waals surface area contributed by atoms with Crippen LogP contribution in [0.2, 0.25) is 0 Å². The molecule has 0 amide bonds. The second-order valence-electron chi connectivity index (χ2n) is 5.18. The van der Waals surface area contributed by atoms with Gasteiger partial charge < -0.3 is 9.55 Å². The second-order valence-corrected chi connectivity index (χ2v) is 5.57. The molecule has 1 saturated carbocycles. The highest BCUT2D eigenvalue weighted by Crippen LogP contribution is 2.27. The number of hydrogen-bond acceptors (Lipinski definition) is 1. The molecule has 1 aliphatic carbocycles. The molecule has 1 aliphatic rings. The van der Waals surface area contributed by atoms with E-state index in [-0.39, 0.29) is 5.82 Å². The number of nitrogens with zero attached hydrogens (tertiary/aromatic N) is 1. The third kappa shape index (κ3) is 2.09. The van der Waals surface area contributed by atoms with Crippen molar-refractivity contribution in [3.63, 3.8) is 0 Å². The summed E-state index contributed by atoms with van der Waals surface area (Å²) in [7, 11) is 0. The van der Waals surface area contributed by atoms with Gasteiger partial charge in [-0.15, -0.1) is 0 Å². The average Bonchev–Trinajstić information content (AvgIpc) is 2.70. The molecule has 0 unspecified atom stereocenters. The van der Waals surface area contributed by atoms with Gasteiger partial charge in [0.15, 0.2) is 4.77 Å². The summed E-state index contributed by atoms with van der Waals surface area (Å²) >= 11 is 5.32. The molecule has 0 radical (unpaired) electrons. The van der Waals surface area contributed by atoms with Crippen LogP contribution in [-0.4, -0.2) is 9.55 Å². The van der Waals surface area contributed by atoms with Crippen molar-refractivity contribution < 1.29 is 4.39 Å². The third-order valence-corrected chi connectivity index (χ3v) is 4.25. The van der Waals surface area contributed by atoms with Gasteiger partial charge in [0.1, 0.15) is 11.3 Å². The van der Waals surface area contributed by atoms with Crippen molar-refractivity contribution in [2.45, 2.75) is 38.6 Å². The fourth-order valence-electron chi connectivity index (χ4n) is 2.95. The molecule has 18 heavy (non-hydrogen) atoms. The Balaban J connectivity index is 1.98. The van der Waals surface area contributed by atoms with Crippen molar-refractivity contribution in [3.8, 4) is 0 Å². The molecular weight excluding hydrogens is 247 g/mol. The molecule has 4 heteroatoms. The summed E-state index contributed by atoms with van der Waals surface area (Å²) in [5.74, 6) is 0.466. The van der Waals surface area contributed by atoms with Gasteiger partial charge in [-0.3, -0.25) is 0 Å². The van der Waals surface area contributed by atoms with E-state index in [0.29, 0.717) is 16.2 Å². The van der Waals surface area contributed by atoms with Crippen molar-refractivity contribution in [2.75, 3.05) is 0 Å². The highest BCUT2D eigenvalue weighted by molar-refractivity contribution is 7.71. The first kappa shape index (κ1) is 11.9. The number of para-hydroxylation sites is 1. The van der Waals surface area contributed by atoms with E-state index in [4.69, 9.17) is 12.2 Å². The quantitative estimate of drug-likeness (QED) is 0.796. The zero-order valence-electron chi connectivity index (χ0n) is 10.3. The van der Waals surface area contributed by atoms with Gasteiger partial charge in [0.05, 0.1) is 5.52 Å². The van der Waals surface area contributed by atoms with E-state index >= 15 is 0 Å². The molecule has 1 fully saturated rings. The lowest BCUT2D eigenvalue weighted by Gasteiger charge is -2.22. The van der Waals surface area contributed by atoms with Gasteiger partial charge in [-0.1, -0.05) is 25.3 Å². The number of aromatic nitrogens is 2. The molecule has 3 rings (SSSR count). The monoisotopic (exact) mass is 264 g/mol. The van der Waals surface area contributed by atoms with Crippen molar-refractivity contribution >= 4 is 23.3 Å². The molecule has 0 spiro atoms. The molecular formula is C14H17FN2S. The van der Waals surface area contributed by atoms with E-state index in [1.54, 1.807) is 6.07 Å². The molecule has 2 nitrogen and oxygen atoms in total. The van der Waals surface area contributed by atoms with Gasteiger partial charge in [-0.2, -0.15) is 0 Å². The van der Waals surface area contributed by atoms with Gasteiger partial charge in [-0.05, 0) is 43.1 Å². The Labute approximate surface area is 111 Å². The van der Waals surface area contributed by atoms with Crippen LogP contribution in [0.4, 0.5) is 4.39 Å². The normalized spacial score (nSPS) is 17.4. The van der Waals surface area contributed by atoms with Gasteiger partial charge in [0.2, 0.25) is 0 Å². The number of imidazole rings is 1. The topological polar surface area (TPSA) is 20.7 Å². The number of rotatable bonds is 2. The van der Waals surface area contributed by atoms with Gasteiger partial charge >= 0.3 is 0 Å². The summed E-state index contributed by atoms with van der Waals surface area (Å²) in [4.78, 5) is 2.99. The second kappa shape index (κ2) is 4.84. The first-order valence-electron chi connectivity index (χ1n) is 6.63. The van der Waals surface area contributed by atoms with Crippen LogP contribution < -0.4 is 0 Å². The Kier molecular flexibility index (Phi) is 3.20. The zero-order chi connectivity index (χ0) is 12.5. The maximum absolute atomic E-state index is 13.7. The number of halogens is 1. The predicted molar refractivity (Wildman–Crippen MR) is 73.7 cm³/mol. The number of H-pyrrole nitrogens is 1. The fourth-order valence-corrected chi connectivity index (χ4v) is 3.23. The summed E-state index contributed by atoms with van der Waals surface area (Å²) in [6, 6.07) is 5.16. The Hall–Kier alpha value is -1.16. The van der Waals surface area contributed by atoms with Gasteiger partial charge in [0, 0.05) is 6.54 Å². The van der Waals surface area contributed by atoms with Crippen LogP contribution in [0.15, 0.2) is 18.2 Å². The molecule has 1 aromatic heterocycles. The third-order valence-electron chi connectivity index (χ3n) is 3.93. The smallest absolute Gasteiger partial charge is 0.178 e. The van der Waals surface area contributed by atoms with Crippen molar-refractivity contribution in [3.05, 3.63) is 28.8 Å². The largest absolute Gasteiger partial charge is 0.328 e. The molecule has 0 atom stereocenters. The van der Waals surface area contributed by atoms with Crippen LogP contribution in [0, 0.1) is 16.5 Å².